The number of hydrogen-bond donors (Lipinski definition) is 1. The van der Waals surface area contributed by atoms with Crippen LogP contribution in [0, 0.1) is 0 Å². The lowest BCUT2D eigenvalue weighted by atomic mass is 9.76. The third-order valence-electron chi connectivity index (χ3n) is 1.08. The summed E-state index contributed by atoms with van der Waals surface area (Å²) < 4.78 is 5.59. The molecule has 5 heteroatoms. The molecule has 0 spiro atoms. The maximum absolute atomic E-state index is 8.88. The highest BCUT2D eigenvalue weighted by molar-refractivity contribution is 9.10. The van der Waals surface area contributed by atoms with Crippen LogP contribution in [-0.2, 0) is 0 Å². The molecule has 0 fully saturated rings. The molecule has 0 unspecified atom stereocenters. The smallest absolute Gasteiger partial charge is 0.156 e. The molecule has 0 aliphatic heterocycles. The van der Waals surface area contributed by atoms with Gasteiger partial charge in [-0.25, -0.2) is 0 Å². The SMILES string of the molecule is [B]C([B])(O)Oc1cccc(Br)c1. The summed E-state index contributed by atoms with van der Waals surface area (Å²) >= 11 is 3.23. The molecule has 0 amide bonds. The predicted molar refractivity (Wildman–Crippen MR) is 51.2 cm³/mol. The highest BCUT2D eigenvalue weighted by atomic mass is 79.9. The van der Waals surface area contributed by atoms with Crippen molar-refractivity contribution in [2.45, 2.75) is 5.59 Å². The van der Waals surface area contributed by atoms with Gasteiger partial charge in [0.25, 0.3) is 0 Å². The van der Waals surface area contributed by atoms with Crippen molar-refractivity contribution in [2.24, 2.45) is 0 Å². The largest absolute Gasteiger partial charge is 0.482 e. The van der Waals surface area contributed by atoms with Crippen molar-refractivity contribution in [3.05, 3.63) is 28.7 Å². The molecule has 1 N–H and O–H groups in total. The van der Waals surface area contributed by atoms with Crippen LogP contribution < -0.4 is 4.74 Å². The second-order valence-electron chi connectivity index (χ2n) is 2.31. The lowest BCUT2D eigenvalue weighted by molar-refractivity contribution is 0.0128. The van der Waals surface area contributed by atoms with Gasteiger partial charge in [-0.15, -0.1) is 0 Å². The van der Waals surface area contributed by atoms with Crippen LogP contribution in [0.15, 0.2) is 28.7 Å². The van der Waals surface area contributed by atoms with Gasteiger partial charge in [-0.3, -0.25) is 0 Å². The lowest BCUT2D eigenvalue weighted by Gasteiger charge is -2.21. The van der Waals surface area contributed by atoms with Gasteiger partial charge in [-0.2, -0.15) is 0 Å². The fraction of sp³-hybridized carbons (Fsp3) is 0.143. The highest BCUT2D eigenvalue weighted by Gasteiger charge is 2.12. The zero-order chi connectivity index (χ0) is 9.19. The van der Waals surface area contributed by atoms with Crippen molar-refractivity contribution in [1.29, 1.82) is 0 Å². The Balaban J connectivity index is 2.77. The zero-order valence-corrected chi connectivity index (χ0v) is 7.78. The molecular formula is C7H5B2BrO2. The summed E-state index contributed by atoms with van der Waals surface area (Å²) in [5, 5.41) is 8.88. The quantitative estimate of drug-likeness (QED) is 0.592. The van der Waals surface area contributed by atoms with E-state index in [0.29, 0.717) is 5.75 Å². The molecule has 0 heterocycles. The van der Waals surface area contributed by atoms with Crippen molar-refractivity contribution in [3.8, 4) is 5.75 Å². The monoisotopic (exact) mass is 222 g/mol. The molecule has 0 bridgehead atoms. The van der Waals surface area contributed by atoms with Crippen molar-refractivity contribution in [3.63, 3.8) is 0 Å². The zero-order valence-electron chi connectivity index (χ0n) is 6.20. The van der Waals surface area contributed by atoms with Crippen LogP contribution in [0.2, 0.25) is 0 Å². The third kappa shape index (κ3) is 3.32. The van der Waals surface area contributed by atoms with E-state index in [0.717, 1.165) is 4.47 Å². The Labute approximate surface area is 81.9 Å². The van der Waals surface area contributed by atoms with E-state index in [1.165, 1.54) is 0 Å². The Morgan fingerprint density at radius 2 is 2.08 bits per heavy atom. The molecule has 1 rings (SSSR count). The van der Waals surface area contributed by atoms with E-state index < -0.39 is 5.59 Å². The minimum atomic E-state index is -2.12. The maximum Gasteiger partial charge on any atom is 0.156 e. The number of benzene rings is 1. The molecule has 1 aromatic carbocycles. The summed E-state index contributed by atoms with van der Waals surface area (Å²) in [5.41, 5.74) is -2.12. The van der Waals surface area contributed by atoms with E-state index in [-0.39, 0.29) is 0 Å². The van der Waals surface area contributed by atoms with Gasteiger partial charge in [-0.05, 0) is 18.2 Å². The van der Waals surface area contributed by atoms with Gasteiger partial charge in [0.15, 0.2) is 15.7 Å². The Bertz CT molecular complexity index is 272. The van der Waals surface area contributed by atoms with Crippen molar-refractivity contribution in [2.75, 3.05) is 0 Å². The van der Waals surface area contributed by atoms with Gasteiger partial charge in [0.2, 0.25) is 0 Å². The van der Waals surface area contributed by atoms with Gasteiger partial charge in [0, 0.05) is 4.47 Å². The molecule has 58 valence electrons. The number of ether oxygens (including phenoxy) is 1. The summed E-state index contributed by atoms with van der Waals surface area (Å²) in [5.74, 6) is 0.400. The van der Waals surface area contributed by atoms with Crippen LogP contribution in [0.25, 0.3) is 0 Å². The molecule has 2 nitrogen and oxygen atoms in total. The van der Waals surface area contributed by atoms with Gasteiger partial charge >= 0.3 is 0 Å². The Hall–Kier alpha value is -0.410. The van der Waals surface area contributed by atoms with Crippen LogP contribution in [0.3, 0.4) is 0 Å². The Kier molecular flexibility index (Phi) is 2.85. The molecule has 1 aromatic rings. The summed E-state index contributed by atoms with van der Waals surface area (Å²) in [6.07, 6.45) is 0. The van der Waals surface area contributed by atoms with Crippen molar-refractivity contribution < 1.29 is 9.84 Å². The van der Waals surface area contributed by atoms with E-state index in [2.05, 4.69) is 15.9 Å². The summed E-state index contributed by atoms with van der Waals surface area (Å²) in [4.78, 5) is 0. The topological polar surface area (TPSA) is 29.5 Å². The van der Waals surface area contributed by atoms with Gasteiger partial charge in [0.05, 0.1) is 0 Å². The van der Waals surface area contributed by atoms with E-state index in [9.17, 15) is 0 Å². The normalized spacial score (nSPS) is 11.2. The first-order valence-electron chi connectivity index (χ1n) is 3.22. The molecule has 0 saturated carbocycles. The van der Waals surface area contributed by atoms with Crippen LogP contribution in [0.5, 0.6) is 5.75 Å². The first-order valence-corrected chi connectivity index (χ1v) is 4.01. The van der Waals surface area contributed by atoms with E-state index >= 15 is 0 Å². The van der Waals surface area contributed by atoms with Gasteiger partial charge < -0.3 is 9.84 Å². The standard InChI is InChI=1S/C7H5B2BrO2/c8-7(9,11)12-6-3-1-2-5(10)4-6/h1-4,11H. The highest BCUT2D eigenvalue weighted by Crippen LogP contribution is 2.19. The maximum atomic E-state index is 8.88. The molecule has 0 atom stereocenters. The van der Waals surface area contributed by atoms with Crippen molar-refractivity contribution >= 4 is 31.6 Å². The second-order valence-corrected chi connectivity index (χ2v) is 3.23. The molecule has 4 radical (unpaired) electrons. The summed E-state index contributed by atoms with van der Waals surface area (Å²) in [6.45, 7) is 0. The predicted octanol–water partition coefficient (Wildman–Crippen LogP) is 0.768. The van der Waals surface area contributed by atoms with Crippen LogP contribution in [0.4, 0.5) is 0 Å². The number of halogens is 1. The average Bonchev–Trinajstić information content (AvgIpc) is 1.82. The molecular weight excluding hydrogens is 218 g/mol. The number of hydrogen-bond acceptors (Lipinski definition) is 2. The number of rotatable bonds is 2. The number of aliphatic hydroxyl groups is 1. The van der Waals surface area contributed by atoms with Crippen molar-refractivity contribution in [1.82, 2.24) is 0 Å². The first-order chi connectivity index (χ1) is 5.47. The fourth-order valence-corrected chi connectivity index (χ4v) is 1.10. The van der Waals surface area contributed by atoms with Crippen LogP contribution >= 0.6 is 15.9 Å². The van der Waals surface area contributed by atoms with E-state index in [1.54, 1.807) is 18.2 Å². The van der Waals surface area contributed by atoms with Gasteiger partial charge in [0.1, 0.15) is 11.3 Å². The fourth-order valence-electron chi connectivity index (χ4n) is 0.719. The Morgan fingerprint density at radius 3 is 2.58 bits per heavy atom. The molecule has 0 aromatic heterocycles. The lowest BCUT2D eigenvalue weighted by Crippen LogP contribution is -2.36. The second kappa shape index (κ2) is 3.54. The summed E-state index contributed by atoms with van der Waals surface area (Å²) in [7, 11) is 10.0. The summed E-state index contributed by atoms with van der Waals surface area (Å²) in [6, 6.07) is 6.84. The van der Waals surface area contributed by atoms with Crippen LogP contribution in [-0.4, -0.2) is 26.4 Å². The minimum Gasteiger partial charge on any atom is -0.482 e. The average molecular weight is 223 g/mol. The van der Waals surface area contributed by atoms with Gasteiger partial charge in [-0.1, -0.05) is 22.0 Å². The third-order valence-corrected chi connectivity index (χ3v) is 1.57. The Morgan fingerprint density at radius 1 is 1.42 bits per heavy atom. The first kappa shape index (κ1) is 9.68. The molecule has 0 saturated heterocycles. The molecule has 0 aliphatic carbocycles. The van der Waals surface area contributed by atoms with Crippen LogP contribution in [0.1, 0.15) is 0 Å². The minimum absolute atomic E-state index is 0.400. The van der Waals surface area contributed by atoms with E-state index in [1.807, 2.05) is 6.07 Å². The van der Waals surface area contributed by atoms with E-state index in [4.69, 9.17) is 25.5 Å². The molecule has 12 heavy (non-hydrogen) atoms. The molecule has 0 aliphatic rings.